The minimum absolute atomic E-state index is 0.163. The third-order valence-electron chi connectivity index (χ3n) is 3.49. The van der Waals surface area contributed by atoms with Crippen LogP contribution in [-0.2, 0) is 0 Å². The van der Waals surface area contributed by atoms with E-state index in [1.54, 1.807) is 37.4 Å². The molecule has 0 saturated heterocycles. The molecule has 2 aromatic heterocycles. The maximum atomic E-state index is 12.6. The molecule has 1 amide bonds. The Hall–Kier alpha value is -2.66. The van der Waals surface area contributed by atoms with Crippen LogP contribution in [0.4, 0.5) is 5.69 Å². The van der Waals surface area contributed by atoms with Crippen molar-refractivity contribution in [2.75, 3.05) is 5.32 Å². The van der Waals surface area contributed by atoms with E-state index in [1.807, 2.05) is 19.1 Å². The number of aromatic nitrogens is 2. The van der Waals surface area contributed by atoms with E-state index in [0.29, 0.717) is 21.9 Å². The molecule has 0 radical (unpaired) electrons. The number of halogens is 1. The Morgan fingerprint density at radius 3 is 2.74 bits per heavy atom. The zero-order chi connectivity index (χ0) is 16.6. The van der Waals surface area contributed by atoms with Gasteiger partial charge in [0, 0.05) is 16.8 Å². The van der Waals surface area contributed by atoms with Gasteiger partial charge in [-0.3, -0.25) is 14.0 Å². The zero-order valence-electron chi connectivity index (χ0n) is 12.6. The highest BCUT2D eigenvalue weighted by Crippen LogP contribution is 2.14. The fourth-order valence-electron chi connectivity index (χ4n) is 2.31. The van der Waals surface area contributed by atoms with Gasteiger partial charge < -0.3 is 5.32 Å². The van der Waals surface area contributed by atoms with Crippen LogP contribution in [0.5, 0.6) is 0 Å². The number of rotatable bonds is 2. The molecule has 116 valence electrons. The van der Waals surface area contributed by atoms with Crippen molar-refractivity contribution in [1.29, 1.82) is 0 Å². The van der Waals surface area contributed by atoms with Crippen LogP contribution in [0.1, 0.15) is 21.6 Å². The second kappa shape index (κ2) is 5.85. The first-order valence-corrected chi connectivity index (χ1v) is 7.40. The van der Waals surface area contributed by atoms with Gasteiger partial charge in [0.25, 0.3) is 11.5 Å². The third-order valence-corrected chi connectivity index (χ3v) is 3.73. The second-order valence-corrected chi connectivity index (χ2v) is 5.71. The molecular formula is C17H14ClN3O2. The fraction of sp³-hybridized carbons (Fsp3) is 0.118. The number of carbonyl (C=O) groups is 1. The standard InChI is InChI=1S/C17H14ClN3O2/c1-10-6-7-21-14(8-10)19-11(2)15(17(21)23)20-16(22)12-4-3-5-13(18)9-12/h3-9H,1-2H3,(H,20,22). The average Bonchev–Trinajstić information content (AvgIpc) is 2.51. The van der Waals surface area contributed by atoms with Gasteiger partial charge in [-0.2, -0.15) is 0 Å². The lowest BCUT2D eigenvalue weighted by atomic mass is 10.2. The molecule has 0 bridgehead atoms. The summed E-state index contributed by atoms with van der Waals surface area (Å²) < 4.78 is 1.41. The van der Waals surface area contributed by atoms with E-state index < -0.39 is 5.91 Å². The number of nitrogens with zero attached hydrogens (tertiary/aromatic N) is 2. The van der Waals surface area contributed by atoms with E-state index in [4.69, 9.17) is 11.6 Å². The SMILES string of the molecule is Cc1ccn2c(=O)c(NC(=O)c3cccc(Cl)c3)c(C)nc2c1. The molecular weight excluding hydrogens is 314 g/mol. The smallest absolute Gasteiger partial charge is 0.281 e. The molecule has 0 aliphatic rings. The average molecular weight is 328 g/mol. The number of hydrogen-bond donors (Lipinski definition) is 1. The first-order chi connectivity index (χ1) is 11.0. The lowest BCUT2D eigenvalue weighted by Crippen LogP contribution is -2.25. The van der Waals surface area contributed by atoms with Crippen LogP contribution in [0, 0.1) is 13.8 Å². The number of amides is 1. The summed E-state index contributed by atoms with van der Waals surface area (Å²) in [5.74, 6) is -0.401. The summed E-state index contributed by atoms with van der Waals surface area (Å²) in [6.07, 6.45) is 1.65. The molecule has 1 N–H and O–H groups in total. The van der Waals surface area contributed by atoms with E-state index in [2.05, 4.69) is 10.3 Å². The molecule has 0 saturated carbocycles. The highest BCUT2D eigenvalue weighted by atomic mass is 35.5. The molecule has 5 nitrogen and oxygen atoms in total. The van der Waals surface area contributed by atoms with E-state index >= 15 is 0 Å². The molecule has 6 heteroatoms. The molecule has 3 rings (SSSR count). The topological polar surface area (TPSA) is 63.5 Å². The van der Waals surface area contributed by atoms with Crippen molar-refractivity contribution < 1.29 is 4.79 Å². The first-order valence-electron chi connectivity index (χ1n) is 7.02. The molecule has 0 aliphatic heterocycles. The number of hydrogen-bond acceptors (Lipinski definition) is 3. The van der Waals surface area contributed by atoms with Crippen LogP contribution in [0.2, 0.25) is 5.02 Å². The van der Waals surface area contributed by atoms with Crippen molar-refractivity contribution in [3.63, 3.8) is 0 Å². The predicted molar refractivity (Wildman–Crippen MR) is 90.3 cm³/mol. The number of aryl methyl sites for hydroxylation is 2. The van der Waals surface area contributed by atoms with Crippen molar-refractivity contribution in [3.05, 3.63) is 74.8 Å². The van der Waals surface area contributed by atoms with E-state index in [-0.39, 0.29) is 11.2 Å². The normalized spacial score (nSPS) is 10.7. The largest absolute Gasteiger partial charge is 0.316 e. The van der Waals surface area contributed by atoms with Crippen molar-refractivity contribution in [3.8, 4) is 0 Å². The van der Waals surface area contributed by atoms with Crippen molar-refractivity contribution >= 4 is 28.8 Å². The number of carbonyl (C=O) groups excluding carboxylic acids is 1. The van der Waals surface area contributed by atoms with Gasteiger partial charge >= 0.3 is 0 Å². The summed E-state index contributed by atoms with van der Waals surface area (Å²) in [5.41, 5.74) is 2.25. The van der Waals surface area contributed by atoms with Gasteiger partial charge in [0.05, 0.1) is 5.69 Å². The molecule has 0 unspecified atom stereocenters. The molecule has 0 atom stereocenters. The molecule has 0 spiro atoms. The van der Waals surface area contributed by atoms with Gasteiger partial charge in [-0.25, -0.2) is 4.98 Å². The van der Waals surface area contributed by atoms with Crippen LogP contribution in [0.3, 0.4) is 0 Å². The maximum absolute atomic E-state index is 12.6. The lowest BCUT2D eigenvalue weighted by Gasteiger charge is -2.10. The summed E-state index contributed by atoms with van der Waals surface area (Å²) in [5, 5.41) is 3.09. The molecule has 23 heavy (non-hydrogen) atoms. The summed E-state index contributed by atoms with van der Waals surface area (Å²) in [4.78, 5) is 29.3. The molecule has 0 aliphatic carbocycles. The summed E-state index contributed by atoms with van der Waals surface area (Å²) in [6.45, 7) is 3.62. The Balaban J connectivity index is 2.05. The van der Waals surface area contributed by atoms with Crippen molar-refractivity contribution in [1.82, 2.24) is 9.38 Å². The molecule has 1 aromatic carbocycles. The minimum Gasteiger partial charge on any atom is -0.316 e. The van der Waals surface area contributed by atoms with Crippen molar-refractivity contribution in [2.24, 2.45) is 0 Å². The summed E-state index contributed by atoms with van der Waals surface area (Å²) in [6, 6.07) is 10.2. The lowest BCUT2D eigenvalue weighted by molar-refractivity contribution is 0.102. The van der Waals surface area contributed by atoms with Gasteiger partial charge in [-0.05, 0) is 49.7 Å². The van der Waals surface area contributed by atoms with Crippen LogP contribution in [0.15, 0.2) is 47.4 Å². The summed E-state index contributed by atoms with van der Waals surface area (Å²) in [7, 11) is 0. The van der Waals surface area contributed by atoms with Gasteiger partial charge in [-0.15, -0.1) is 0 Å². The molecule has 0 fully saturated rings. The highest BCUT2D eigenvalue weighted by Gasteiger charge is 2.14. The van der Waals surface area contributed by atoms with Crippen LogP contribution in [0.25, 0.3) is 5.65 Å². The predicted octanol–water partition coefficient (Wildman–Crippen LogP) is 3.22. The van der Waals surface area contributed by atoms with Gasteiger partial charge in [0.15, 0.2) is 0 Å². The van der Waals surface area contributed by atoms with Gasteiger partial charge in [-0.1, -0.05) is 17.7 Å². The van der Waals surface area contributed by atoms with E-state index in [1.165, 1.54) is 4.40 Å². The minimum atomic E-state index is -0.401. The van der Waals surface area contributed by atoms with Gasteiger partial charge in [0.1, 0.15) is 11.3 Å². The van der Waals surface area contributed by atoms with E-state index in [0.717, 1.165) is 5.56 Å². The zero-order valence-corrected chi connectivity index (χ0v) is 13.4. The Morgan fingerprint density at radius 2 is 2.00 bits per heavy atom. The Morgan fingerprint density at radius 1 is 1.22 bits per heavy atom. The molecule has 3 aromatic rings. The number of benzene rings is 1. The maximum Gasteiger partial charge on any atom is 0.281 e. The highest BCUT2D eigenvalue weighted by molar-refractivity contribution is 6.31. The number of pyridine rings is 1. The number of anilines is 1. The number of fused-ring (bicyclic) bond motifs is 1. The molecule has 2 heterocycles. The van der Waals surface area contributed by atoms with E-state index in [9.17, 15) is 9.59 Å². The Labute approximate surface area is 137 Å². The Bertz CT molecular complexity index is 979. The van der Waals surface area contributed by atoms with Crippen LogP contribution in [-0.4, -0.2) is 15.3 Å². The monoisotopic (exact) mass is 327 g/mol. The Kier molecular flexibility index (Phi) is 3.88. The first kappa shape index (κ1) is 15.2. The fourth-order valence-corrected chi connectivity index (χ4v) is 2.50. The van der Waals surface area contributed by atoms with Gasteiger partial charge in [0.2, 0.25) is 0 Å². The number of nitrogens with one attached hydrogen (secondary N) is 1. The van der Waals surface area contributed by atoms with Crippen LogP contribution >= 0.6 is 11.6 Å². The second-order valence-electron chi connectivity index (χ2n) is 5.27. The van der Waals surface area contributed by atoms with Crippen LogP contribution < -0.4 is 10.9 Å². The summed E-state index contributed by atoms with van der Waals surface area (Å²) >= 11 is 5.89. The van der Waals surface area contributed by atoms with Crippen molar-refractivity contribution in [2.45, 2.75) is 13.8 Å². The quantitative estimate of drug-likeness (QED) is 0.786. The third kappa shape index (κ3) is 2.96.